The molecular weight excluding hydrogens is 226 g/mol. The number of hydrogen-bond donors (Lipinski definition) is 1. The van der Waals surface area contributed by atoms with Crippen molar-refractivity contribution in [1.29, 1.82) is 0 Å². The van der Waals surface area contributed by atoms with Gasteiger partial charge in [0.25, 0.3) is 0 Å². The molecule has 0 radical (unpaired) electrons. The van der Waals surface area contributed by atoms with Crippen LogP contribution < -0.4 is 5.32 Å². The summed E-state index contributed by atoms with van der Waals surface area (Å²) in [5.41, 5.74) is 1.04. The average Bonchev–Trinajstić information content (AvgIpc) is 2.66. The second kappa shape index (κ2) is 7.11. The minimum atomic E-state index is 0.112. The summed E-state index contributed by atoms with van der Waals surface area (Å²) in [4.78, 5) is 18.1. The number of pyridine rings is 1. The second-order valence-electron chi connectivity index (χ2n) is 4.83. The first-order valence-electron chi connectivity index (χ1n) is 6.72. The zero-order chi connectivity index (χ0) is 12.6. The van der Waals surface area contributed by atoms with Gasteiger partial charge in [0.05, 0.1) is 6.54 Å². The predicted molar refractivity (Wildman–Crippen MR) is 71.0 cm³/mol. The molecule has 0 aromatic carbocycles. The van der Waals surface area contributed by atoms with Crippen LogP contribution in [-0.4, -0.2) is 35.4 Å². The van der Waals surface area contributed by atoms with Gasteiger partial charge in [-0.1, -0.05) is 18.9 Å². The van der Waals surface area contributed by atoms with Gasteiger partial charge in [-0.25, -0.2) is 0 Å². The number of hydrogen-bond acceptors (Lipinski definition) is 3. The molecule has 1 amide bonds. The largest absolute Gasteiger partial charge is 0.351 e. The Morgan fingerprint density at radius 1 is 1.28 bits per heavy atom. The molecule has 0 saturated carbocycles. The zero-order valence-corrected chi connectivity index (χ0v) is 10.8. The number of amides is 1. The highest BCUT2D eigenvalue weighted by Crippen LogP contribution is 2.08. The fourth-order valence-electron chi connectivity index (χ4n) is 2.26. The highest BCUT2D eigenvalue weighted by Gasteiger charge is 2.12. The van der Waals surface area contributed by atoms with Crippen LogP contribution in [0.4, 0.5) is 0 Å². The Balaban J connectivity index is 1.71. The van der Waals surface area contributed by atoms with E-state index in [1.54, 1.807) is 12.4 Å². The van der Waals surface area contributed by atoms with Gasteiger partial charge in [0, 0.05) is 18.9 Å². The predicted octanol–water partition coefficient (Wildman–Crippen LogP) is 1.57. The summed E-state index contributed by atoms with van der Waals surface area (Å²) in [6.45, 7) is 3.21. The monoisotopic (exact) mass is 247 g/mol. The van der Waals surface area contributed by atoms with Gasteiger partial charge in [-0.3, -0.25) is 14.7 Å². The molecule has 0 atom stereocenters. The maximum Gasteiger partial charge on any atom is 0.234 e. The SMILES string of the molecule is O=C(CN1CCCCCC1)NCc1cccnc1. The quantitative estimate of drug-likeness (QED) is 0.878. The molecule has 98 valence electrons. The van der Waals surface area contributed by atoms with Crippen LogP contribution in [0.2, 0.25) is 0 Å². The molecule has 2 heterocycles. The third kappa shape index (κ3) is 4.45. The fraction of sp³-hybridized carbons (Fsp3) is 0.571. The van der Waals surface area contributed by atoms with E-state index in [0.29, 0.717) is 13.1 Å². The van der Waals surface area contributed by atoms with Gasteiger partial charge in [-0.2, -0.15) is 0 Å². The van der Waals surface area contributed by atoms with Crippen molar-refractivity contribution < 1.29 is 4.79 Å². The molecule has 1 aromatic heterocycles. The molecule has 0 spiro atoms. The van der Waals surface area contributed by atoms with E-state index in [1.807, 2.05) is 12.1 Å². The van der Waals surface area contributed by atoms with Crippen LogP contribution in [-0.2, 0) is 11.3 Å². The van der Waals surface area contributed by atoms with Crippen molar-refractivity contribution in [2.24, 2.45) is 0 Å². The van der Waals surface area contributed by atoms with Crippen LogP contribution in [0.15, 0.2) is 24.5 Å². The molecule has 1 aliphatic rings. The number of carbonyl (C=O) groups is 1. The van der Waals surface area contributed by atoms with E-state index in [2.05, 4.69) is 15.2 Å². The number of likely N-dealkylation sites (tertiary alicyclic amines) is 1. The van der Waals surface area contributed by atoms with Crippen molar-refractivity contribution in [2.45, 2.75) is 32.2 Å². The molecule has 2 rings (SSSR count). The summed E-state index contributed by atoms with van der Waals surface area (Å²) in [5.74, 6) is 0.112. The normalized spacial score (nSPS) is 17.1. The molecule has 1 saturated heterocycles. The molecule has 18 heavy (non-hydrogen) atoms. The summed E-state index contributed by atoms with van der Waals surface area (Å²) >= 11 is 0. The fourth-order valence-corrected chi connectivity index (χ4v) is 2.26. The topological polar surface area (TPSA) is 45.2 Å². The second-order valence-corrected chi connectivity index (χ2v) is 4.83. The first-order valence-corrected chi connectivity index (χ1v) is 6.72. The van der Waals surface area contributed by atoms with Gasteiger partial charge in [0.2, 0.25) is 5.91 Å². The highest BCUT2D eigenvalue weighted by atomic mass is 16.2. The lowest BCUT2D eigenvalue weighted by Crippen LogP contribution is -2.37. The Kier molecular flexibility index (Phi) is 5.15. The average molecular weight is 247 g/mol. The Hall–Kier alpha value is -1.42. The van der Waals surface area contributed by atoms with Crippen LogP contribution in [0, 0.1) is 0 Å². The molecule has 4 heteroatoms. The molecule has 4 nitrogen and oxygen atoms in total. The first-order chi connectivity index (χ1) is 8.84. The third-order valence-corrected chi connectivity index (χ3v) is 3.28. The molecule has 0 aliphatic carbocycles. The van der Waals surface area contributed by atoms with Crippen molar-refractivity contribution >= 4 is 5.91 Å². The van der Waals surface area contributed by atoms with Gasteiger partial charge < -0.3 is 5.32 Å². The van der Waals surface area contributed by atoms with Gasteiger partial charge in [-0.05, 0) is 37.6 Å². The minimum Gasteiger partial charge on any atom is -0.351 e. The number of nitrogens with zero attached hydrogens (tertiary/aromatic N) is 2. The van der Waals surface area contributed by atoms with Crippen molar-refractivity contribution in [1.82, 2.24) is 15.2 Å². The maximum atomic E-state index is 11.8. The van der Waals surface area contributed by atoms with E-state index in [4.69, 9.17) is 0 Å². The Morgan fingerprint density at radius 3 is 2.72 bits per heavy atom. The van der Waals surface area contributed by atoms with Crippen molar-refractivity contribution in [3.63, 3.8) is 0 Å². The van der Waals surface area contributed by atoms with E-state index < -0.39 is 0 Å². The van der Waals surface area contributed by atoms with Crippen molar-refractivity contribution in [3.8, 4) is 0 Å². The first kappa shape index (κ1) is 13.0. The lowest BCUT2D eigenvalue weighted by atomic mass is 10.2. The Morgan fingerprint density at radius 2 is 2.06 bits per heavy atom. The summed E-state index contributed by atoms with van der Waals surface area (Å²) in [6.07, 6.45) is 8.56. The molecule has 1 N–H and O–H groups in total. The van der Waals surface area contributed by atoms with Gasteiger partial charge in [-0.15, -0.1) is 0 Å². The summed E-state index contributed by atoms with van der Waals surface area (Å²) < 4.78 is 0. The summed E-state index contributed by atoms with van der Waals surface area (Å²) in [5, 5.41) is 2.95. The number of nitrogens with one attached hydrogen (secondary N) is 1. The lowest BCUT2D eigenvalue weighted by Gasteiger charge is -2.18. The van der Waals surface area contributed by atoms with Crippen LogP contribution in [0.1, 0.15) is 31.2 Å². The molecular formula is C14H21N3O. The van der Waals surface area contributed by atoms with E-state index in [0.717, 1.165) is 18.7 Å². The van der Waals surface area contributed by atoms with Crippen molar-refractivity contribution in [3.05, 3.63) is 30.1 Å². The number of rotatable bonds is 4. The van der Waals surface area contributed by atoms with Crippen molar-refractivity contribution in [2.75, 3.05) is 19.6 Å². The van der Waals surface area contributed by atoms with Crippen LogP contribution >= 0.6 is 0 Å². The Bertz CT molecular complexity index is 359. The molecule has 1 fully saturated rings. The summed E-state index contributed by atoms with van der Waals surface area (Å²) in [6, 6.07) is 3.86. The number of carbonyl (C=O) groups excluding carboxylic acids is 1. The highest BCUT2D eigenvalue weighted by molar-refractivity contribution is 5.77. The Labute approximate surface area is 108 Å². The van der Waals surface area contributed by atoms with Crippen LogP contribution in [0.3, 0.4) is 0 Å². The van der Waals surface area contributed by atoms with Crippen LogP contribution in [0.5, 0.6) is 0 Å². The van der Waals surface area contributed by atoms with Gasteiger partial charge >= 0.3 is 0 Å². The maximum absolute atomic E-state index is 11.8. The van der Waals surface area contributed by atoms with E-state index in [-0.39, 0.29) is 5.91 Å². The van der Waals surface area contributed by atoms with E-state index in [1.165, 1.54) is 25.7 Å². The van der Waals surface area contributed by atoms with Crippen LogP contribution in [0.25, 0.3) is 0 Å². The lowest BCUT2D eigenvalue weighted by molar-refractivity contribution is -0.122. The third-order valence-electron chi connectivity index (χ3n) is 3.28. The van der Waals surface area contributed by atoms with E-state index >= 15 is 0 Å². The number of aromatic nitrogens is 1. The zero-order valence-electron chi connectivity index (χ0n) is 10.8. The van der Waals surface area contributed by atoms with Gasteiger partial charge in [0.1, 0.15) is 0 Å². The van der Waals surface area contributed by atoms with Gasteiger partial charge in [0.15, 0.2) is 0 Å². The minimum absolute atomic E-state index is 0.112. The smallest absolute Gasteiger partial charge is 0.234 e. The summed E-state index contributed by atoms with van der Waals surface area (Å²) in [7, 11) is 0. The molecule has 1 aromatic rings. The molecule has 0 unspecified atom stereocenters. The molecule has 0 bridgehead atoms. The van der Waals surface area contributed by atoms with E-state index in [9.17, 15) is 4.79 Å². The standard InChI is InChI=1S/C14H21N3O/c18-14(12-17-8-3-1-2-4-9-17)16-11-13-6-5-7-15-10-13/h5-7,10H,1-4,8-9,11-12H2,(H,16,18). The molecule has 1 aliphatic heterocycles.